The zero-order chi connectivity index (χ0) is 14.7. The third kappa shape index (κ3) is 2.65. The molecule has 0 aliphatic heterocycles. The van der Waals surface area contributed by atoms with Gasteiger partial charge in [0.05, 0.1) is 6.33 Å². The minimum Gasteiger partial charge on any atom is -0.328 e. The Morgan fingerprint density at radius 2 is 1.85 bits per heavy atom. The second kappa shape index (κ2) is 6.26. The first-order chi connectivity index (χ1) is 9.57. The molecule has 0 aliphatic carbocycles. The summed E-state index contributed by atoms with van der Waals surface area (Å²) >= 11 is 5.62. The first-order valence-electron chi connectivity index (χ1n) is 6.74. The highest BCUT2D eigenvalue weighted by Crippen LogP contribution is 2.05. The molecule has 110 valence electrons. The number of hydrogen-bond acceptors (Lipinski definition) is 3. The maximum absolute atomic E-state index is 12.4. The van der Waals surface area contributed by atoms with Crippen molar-refractivity contribution in [2.75, 3.05) is 5.88 Å². The van der Waals surface area contributed by atoms with Gasteiger partial charge in [0, 0.05) is 26.5 Å². The fourth-order valence-electron chi connectivity index (χ4n) is 2.31. The van der Waals surface area contributed by atoms with Crippen LogP contribution in [-0.4, -0.2) is 24.6 Å². The van der Waals surface area contributed by atoms with Gasteiger partial charge in [0.15, 0.2) is 11.2 Å². The number of hydrogen-bond donors (Lipinski definition) is 0. The maximum Gasteiger partial charge on any atom is 0.332 e. The fraction of sp³-hybridized carbons (Fsp3) is 0.615. The Bertz CT molecular complexity index is 713. The highest BCUT2D eigenvalue weighted by Gasteiger charge is 2.14. The van der Waals surface area contributed by atoms with E-state index in [0.717, 1.165) is 25.7 Å². The molecule has 6 nitrogen and oxygen atoms in total. The Hall–Kier alpha value is -1.56. The van der Waals surface area contributed by atoms with Gasteiger partial charge in [-0.25, -0.2) is 9.78 Å². The summed E-state index contributed by atoms with van der Waals surface area (Å²) in [6, 6.07) is 0. The highest BCUT2D eigenvalue weighted by molar-refractivity contribution is 6.17. The second-order valence-corrected chi connectivity index (χ2v) is 5.31. The summed E-state index contributed by atoms with van der Waals surface area (Å²) in [6.07, 6.45) is 5.30. The van der Waals surface area contributed by atoms with Crippen LogP contribution in [0.5, 0.6) is 0 Å². The molecule has 20 heavy (non-hydrogen) atoms. The van der Waals surface area contributed by atoms with E-state index in [0.29, 0.717) is 23.6 Å². The van der Waals surface area contributed by atoms with Gasteiger partial charge in [-0.15, -0.1) is 11.6 Å². The predicted molar refractivity (Wildman–Crippen MR) is 79.4 cm³/mol. The minimum atomic E-state index is -0.307. The minimum absolute atomic E-state index is 0.263. The summed E-state index contributed by atoms with van der Waals surface area (Å²) in [5.74, 6) is 0.655. The number of nitrogens with zero attached hydrogens (tertiary/aromatic N) is 4. The van der Waals surface area contributed by atoms with Crippen LogP contribution < -0.4 is 11.2 Å². The molecule has 0 saturated heterocycles. The van der Waals surface area contributed by atoms with E-state index in [1.54, 1.807) is 25.0 Å². The molecule has 0 unspecified atom stereocenters. The molecule has 0 bridgehead atoms. The lowest BCUT2D eigenvalue weighted by Crippen LogP contribution is -2.39. The molecule has 0 saturated carbocycles. The third-order valence-corrected chi connectivity index (χ3v) is 3.73. The Labute approximate surface area is 121 Å². The molecular weight excluding hydrogens is 280 g/mol. The van der Waals surface area contributed by atoms with Crippen LogP contribution in [0.1, 0.15) is 25.7 Å². The second-order valence-electron chi connectivity index (χ2n) is 4.93. The average molecular weight is 299 g/mol. The van der Waals surface area contributed by atoms with Crippen LogP contribution in [0.15, 0.2) is 15.9 Å². The number of halogens is 1. The number of alkyl halides is 1. The van der Waals surface area contributed by atoms with Gasteiger partial charge in [-0.05, 0) is 12.8 Å². The SMILES string of the molecule is Cn1cnc2c1c(=O)n(CCCCCCCl)c(=O)n2C. The van der Waals surface area contributed by atoms with E-state index in [1.807, 2.05) is 0 Å². The number of aryl methyl sites for hydroxylation is 2. The summed E-state index contributed by atoms with van der Waals surface area (Å²) < 4.78 is 4.38. The van der Waals surface area contributed by atoms with Gasteiger partial charge in [-0.2, -0.15) is 0 Å². The molecule has 0 radical (unpaired) electrons. The summed E-state index contributed by atoms with van der Waals surface area (Å²) in [5, 5.41) is 0. The van der Waals surface area contributed by atoms with Crippen molar-refractivity contribution in [1.29, 1.82) is 0 Å². The van der Waals surface area contributed by atoms with Crippen LogP contribution in [-0.2, 0) is 20.6 Å². The van der Waals surface area contributed by atoms with Crippen molar-refractivity contribution in [3.05, 3.63) is 27.2 Å². The van der Waals surface area contributed by atoms with Gasteiger partial charge in [-0.3, -0.25) is 13.9 Å². The summed E-state index contributed by atoms with van der Waals surface area (Å²) in [7, 11) is 3.40. The maximum atomic E-state index is 12.4. The molecule has 2 rings (SSSR count). The lowest BCUT2D eigenvalue weighted by atomic mass is 10.2. The smallest absolute Gasteiger partial charge is 0.328 e. The number of rotatable bonds is 6. The van der Waals surface area contributed by atoms with Crippen molar-refractivity contribution in [1.82, 2.24) is 18.7 Å². The standard InChI is InChI=1S/C13H19ClN4O2/c1-16-9-15-11-10(16)12(19)18(13(20)17(11)2)8-6-4-3-5-7-14/h9H,3-8H2,1-2H3. The van der Waals surface area contributed by atoms with Crippen LogP contribution >= 0.6 is 11.6 Å². The first-order valence-corrected chi connectivity index (χ1v) is 7.28. The number of imidazole rings is 1. The molecule has 0 spiro atoms. The molecule has 0 fully saturated rings. The lowest BCUT2D eigenvalue weighted by Gasteiger charge is -2.08. The molecule has 0 aromatic carbocycles. The van der Waals surface area contributed by atoms with Crippen LogP contribution in [0.25, 0.3) is 11.2 Å². The van der Waals surface area contributed by atoms with Gasteiger partial charge in [0.1, 0.15) is 0 Å². The Morgan fingerprint density at radius 1 is 1.15 bits per heavy atom. The number of fused-ring (bicyclic) bond motifs is 1. The number of aromatic nitrogens is 4. The van der Waals surface area contributed by atoms with Crippen LogP contribution in [0, 0.1) is 0 Å². The first kappa shape index (κ1) is 14.8. The van der Waals surface area contributed by atoms with Crippen LogP contribution in [0.3, 0.4) is 0 Å². The van der Waals surface area contributed by atoms with Crippen molar-refractivity contribution < 1.29 is 0 Å². The molecule has 0 N–H and O–H groups in total. The van der Waals surface area contributed by atoms with E-state index in [4.69, 9.17) is 11.6 Å². The van der Waals surface area contributed by atoms with Gasteiger partial charge < -0.3 is 4.57 Å². The van der Waals surface area contributed by atoms with Crippen molar-refractivity contribution in [3.8, 4) is 0 Å². The summed E-state index contributed by atoms with van der Waals surface area (Å²) in [5.41, 5.74) is 0.327. The predicted octanol–water partition coefficient (Wildman–Crippen LogP) is 1.23. The van der Waals surface area contributed by atoms with Gasteiger partial charge in [0.25, 0.3) is 5.56 Å². The number of unbranched alkanes of at least 4 members (excludes halogenated alkanes) is 3. The molecule has 7 heteroatoms. The van der Waals surface area contributed by atoms with Crippen molar-refractivity contribution in [3.63, 3.8) is 0 Å². The lowest BCUT2D eigenvalue weighted by molar-refractivity contribution is 0.539. The quantitative estimate of drug-likeness (QED) is 0.595. The molecular formula is C13H19ClN4O2. The molecule has 2 aromatic rings. The monoisotopic (exact) mass is 298 g/mol. The van der Waals surface area contributed by atoms with Crippen molar-refractivity contribution >= 4 is 22.8 Å². The molecule has 0 aliphatic rings. The van der Waals surface area contributed by atoms with Gasteiger partial charge in [-0.1, -0.05) is 12.8 Å². The van der Waals surface area contributed by atoms with Crippen LogP contribution in [0.4, 0.5) is 0 Å². The van der Waals surface area contributed by atoms with Gasteiger partial charge in [0.2, 0.25) is 0 Å². The fourth-order valence-corrected chi connectivity index (χ4v) is 2.50. The summed E-state index contributed by atoms with van der Waals surface area (Å²) in [6.45, 7) is 0.439. The van der Waals surface area contributed by atoms with E-state index in [1.165, 1.54) is 9.13 Å². The van der Waals surface area contributed by atoms with Gasteiger partial charge >= 0.3 is 5.69 Å². The summed E-state index contributed by atoms with van der Waals surface area (Å²) in [4.78, 5) is 28.7. The van der Waals surface area contributed by atoms with E-state index < -0.39 is 0 Å². The largest absolute Gasteiger partial charge is 0.332 e. The Kier molecular flexibility index (Phi) is 4.65. The van der Waals surface area contributed by atoms with Crippen molar-refractivity contribution in [2.24, 2.45) is 14.1 Å². The molecule has 0 atom stereocenters. The Balaban J connectivity index is 2.31. The Morgan fingerprint density at radius 3 is 2.55 bits per heavy atom. The zero-order valence-corrected chi connectivity index (χ0v) is 12.6. The van der Waals surface area contributed by atoms with Crippen LogP contribution in [0.2, 0.25) is 0 Å². The molecule has 0 amide bonds. The average Bonchev–Trinajstić information content (AvgIpc) is 2.81. The highest BCUT2D eigenvalue weighted by atomic mass is 35.5. The van der Waals surface area contributed by atoms with E-state index in [9.17, 15) is 9.59 Å². The third-order valence-electron chi connectivity index (χ3n) is 3.47. The van der Waals surface area contributed by atoms with E-state index >= 15 is 0 Å². The molecule has 2 heterocycles. The zero-order valence-electron chi connectivity index (χ0n) is 11.8. The molecule has 2 aromatic heterocycles. The van der Waals surface area contributed by atoms with Crippen molar-refractivity contribution in [2.45, 2.75) is 32.2 Å². The van der Waals surface area contributed by atoms with E-state index in [-0.39, 0.29) is 11.2 Å². The normalized spacial score (nSPS) is 11.3. The topological polar surface area (TPSA) is 61.8 Å². The van der Waals surface area contributed by atoms with E-state index in [2.05, 4.69) is 4.98 Å².